The van der Waals surface area contributed by atoms with Crippen molar-refractivity contribution in [3.8, 4) is 0 Å². The van der Waals surface area contributed by atoms with Crippen LogP contribution in [0.4, 0.5) is 0 Å². The number of methoxy groups -OCH3 is 2. The molecule has 0 aliphatic heterocycles. The summed E-state index contributed by atoms with van der Waals surface area (Å²) in [6.45, 7) is 6.18. The third-order valence-corrected chi connectivity index (χ3v) is 5.32. The Kier molecular flexibility index (Phi) is 7.10. The number of aryl methyl sites for hydroxylation is 3. The van der Waals surface area contributed by atoms with Crippen LogP contribution in [0, 0.1) is 13.8 Å². The van der Waals surface area contributed by atoms with Crippen LogP contribution in [0.5, 0.6) is 0 Å². The number of carbonyl (C=O) groups excluding carboxylic acids is 1. The van der Waals surface area contributed by atoms with Crippen LogP contribution < -0.4 is 5.56 Å². The lowest BCUT2D eigenvalue weighted by molar-refractivity contribution is -0.132. The van der Waals surface area contributed by atoms with E-state index in [2.05, 4.69) is 4.98 Å². The third-order valence-electron chi connectivity index (χ3n) is 4.21. The molecule has 0 atom stereocenters. The van der Waals surface area contributed by atoms with Gasteiger partial charge < -0.3 is 14.4 Å². The summed E-state index contributed by atoms with van der Waals surface area (Å²) in [5.74, 6) is -0.0284. The number of carbonyl (C=O) groups is 1. The average Bonchev–Trinajstić information content (AvgIpc) is 2.89. The van der Waals surface area contributed by atoms with Gasteiger partial charge in [0.2, 0.25) is 5.91 Å². The first kappa shape index (κ1) is 19.6. The molecule has 0 radical (unpaired) electrons. The highest BCUT2D eigenvalue weighted by molar-refractivity contribution is 7.18. The molecule has 25 heavy (non-hydrogen) atoms. The van der Waals surface area contributed by atoms with E-state index in [9.17, 15) is 9.59 Å². The number of fused-ring (bicyclic) bond motifs is 1. The van der Waals surface area contributed by atoms with Crippen LogP contribution in [0.15, 0.2) is 11.1 Å². The Hall–Kier alpha value is -1.77. The van der Waals surface area contributed by atoms with Crippen molar-refractivity contribution >= 4 is 27.5 Å². The maximum absolute atomic E-state index is 12.7. The first-order valence-electron chi connectivity index (χ1n) is 8.20. The molecule has 0 aliphatic rings. The molecule has 8 heteroatoms. The van der Waals surface area contributed by atoms with E-state index in [1.165, 1.54) is 22.2 Å². The van der Waals surface area contributed by atoms with Gasteiger partial charge in [-0.25, -0.2) is 4.98 Å². The molecule has 2 aromatic heterocycles. The van der Waals surface area contributed by atoms with Crippen LogP contribution >= 0.6 is 11.3 Å². The predicted octanol–water partition coefficient (Wildman–Crippen LogP) is 1.59. The van der Waals surface area contributed by atoms with E-state index in [0.717, 1.165) is 15.3 Å². The van der Waals surface area contributed by atoms with Gasteiger partial charge in [0, 0.05) is 45.2 Å². The van der Waals surface area contributed by atoms with Gasteiger partial charge in [0.15, 0.2) is 0 Å². The highest BCUT2D eigenvalue weighted by Crippen LogP contribution is 2.25. The standard InChI is InChI=1S/C17H25N3O4S/c1-12-13(2)25-16-15(12)17(22)20(11-18-16)6-5-14(21)19(7-9-23-3)8-10-24-4/h11H,5-10H2,1-4H3. The van der Waals surface area contributed by atoms with Crippen molar-refractivity contribution < 1.29 is 14.3 Å². The summed E-state index contributed by atoms with van der Waals surface area (Å²) in [4.78, 5) is 33.0. The van der Waals surface area contributed by atoms with Gasteiger partial charge in [-0.3, -0.25) is 14.2 Å². The van der Waals surface area contributed by atoms with Gasteiger partial charge in [-0.05, 0) is 19.4 Å². The number of thiophene rings is 1. The fourth-order valence-corrected chi connectivity index (χ4v) is 3.56. The zero-order valence-electron chi connectivity index (χ0n) is 15.2. The van der Waals surface area contributed by atoms with E-state index >= 15 is 0 Å². The molecule has 0 unspecified atom stereocenters. The second-order valence-corrected chi connectivity index (χ2v) is 7.03. The number of amides is 1. The fraction of sp³-hybridized carbons (Fsp3) is 0.588. The van der Waals surface area contributed by atoms with Crippen LogP contribution in [-0.4, -0.2) is 60.9 Å². The molecular formula is C17H25N3O4S. The Morgan fingerprint density at radius 2 is 1.88 bits per heavy atom. The van der Waals surface area contributed by atoms with Crippen molar-refractivity contribution in [2.24, 2.45) is 0 Å². The summed E-state index contributed by atoms with van der Waals surface area (Å²) in [5, 5.41) is 0.660. The fourth-order valence-electron chi connectivity index (χ4n) is 2.57. The van der Waals surface area contributed by atoms with Gasteiger partial charge in [0.25, 0.3) is 5.56 Å². The molecule has 2 aromatic rings. The molecule has 0 saturated carbocycles. The van der Waals surface area contributed by atoms with E-state index in [-0.39, 0.29) is 17.9 Å². The van der Waals surface area contributed by atoms with E-state index in [1.807, 2.05) is 13.8 Å². The van der Waals surface area contributed by atoms with Gasteiger partial charge in [-0.15, -0.1) is 11.3 Å². The summed E-state index contributed by atoms with van der Waals surface area (Å²) >= 11 is 1.52. The zero-order chi connectivity index (χ0) is 18.4. The third kappa shape index (κ3) is 4.65. The van der Waals surface area contributed by atoms with Crippen molar-refractivity contribution in [1.29, 1.82) is 0 Å². The Labute approximate surface area is 151 Å². The molecule has 0 spiro atoms. The van der Waals surface area contributed by atoms with Crippen LogP contribution in [0.3, 0.4) is 0 Å². The lowest BCUT2D eigenvalue weighted by Crippen LogP contribution is -2.37. The first-order valence-corrected chi connectivity index (χ1v) is 9.02. The summed E-state index contributed by atoms with van der Waals surface area (Å²) in [6.07, 6.45) is 1.77. The van der Waals surface area contributed by atoms with Crippen molar-refractivity contribution in [1.82, 2.24) is 14.5 Å². The smallest absolute Gasteiger partial charge is 0.262 e. The van der Waals surface area contributed by atoms with Gasteiger partial charge in [-0.1, -0.05) is 0 Å². The molecule has 1 amide bonds. The van der Waals surface area contributed by atoms with E-state index in [0.29, 0.717) is 38.2 Å². The second kappa shape index (κ2) is 9.07. The van der Waals surface area contributed by atoms with Crippen molar-refractivity contribution in [3.63, 3.8) is 0 Å². The number of rotatable bonds is 9. The van der Waals surface area contributed by atoms with Crippen LogP contribution in [0.25, 0.3) is 10.2 Å². The molecule has 0 N–H and O–H groups in total. The maximum atomic E-state index is 12.7. The molecule has 138 valence electrons. The highest BCUT2D eigenvalue weighted by atomic mass is 32.1. The van der Waals surface area contributed by atoms with E-state index in [4.69, 9.17) is 9.47 Å². The first-order chi connectivity index (χ1) is 12.0. The lowest BCUT2D eigenvalue weighted by atomic mass is 10.2. The second-order valence-electron chi connectivity index (χ2n) is 5.82. The minimum absolute atomic E-state index is 0.0284. The number of nitrogens with zero attached hydrogens (tertiary/aromatic N) is 3. The topological polar surface area (TPSA) is 73.7 Å². The predicted molar refractivity (Wildman–Crippen MR) is 98.3 cm³/mol. The number of ether oxygens (including phenoxy) is 2. The molecule has 2 rings (SSSR count). The summed E-state index contributed by atoms with van der Waals surface area (Å²) in [7, 11) is 3.20. The van der Waals surface area contributed by atoms with Crippen LogP contribution in [-0.2, 0) is 20.8 Å². The molecule has 0 aromatic carbocycles. The normalized spacial score (nSPS) is 11.2. The lowest BCUT2D eigenvalue weighted by Gasteiger charge is -2.22. The molecule has 2 heterocycles. The van der Waals surface area contributed by atoms with Gasteiger partial charge in [-0.2, -0.15) is 0 Å². The number of aromatic nitrogens is 2. The maximum Gasteiger partial charge on any atom is 0.262 e. The average molecular weight is 367 g/mol. The SMILES string of the molecule is COCCN(CCOC)C(=O)CCn1cnc2sc(C)c(C)c2c1=O. The van der Waals surface area contributed by atoms with E-state index < -0.39 is 0 Å². The zero-order valence-corrected chi connectivity index (χ0v) is 16.0. The number of hydrogen-bond donors (Lipinski definition) is 0. The Balaban J connectivity index is 2.10. The minimum atomic E-state index is -0.0833. The van der Waals surface area contributed by atoms with E-state index in [1.54, 1.807) is 19.1 Å². The van der Waals surface area contributed by atoms with Gasteiger partial charge in [0.1, 0.15) is 4.83 Å². The van der Waals surface area contributed by atoms with Crippen molar-refractivity contribution in [2.45, 2.75) is 26.8 Å². The van der Waals surface area contributed by atoms with Crippen molar-refractivity contribution in [3.05, 3.63) is 27.1 Å². The summed E-state index contributed by atoms with van der Waals surface area (Å²) in [5.41, 5.74) is 0.889. The highest BCUT2D eigenvalue weighted by Gasteiger charge is 2.15. The Bertz CT molecular complexity index is 776. The van der Waals surface area contributed by atoms with Crippen LogP contribution in [0.1, 0.15) is 16.9 Å². The largest absolute Gasteiger partial charge is 0.383 e. The molecule has 0 aliphatic carbocycles. The Morgan fingerprint density at radius 1 is 1.24 bits per heavy atom. The summed E-state index contributed by atoms with van der Waals surface area (Å²) < 4.78 is 11.6. The van der Waals surface area contributed by atoms with Gasteiger partial charge in [0.05, 0.1) is 24.9 Å². The quantitative estimate of drug-likeness (QED) is 0.673. The molecule has 0 saturated heterocycles. The molecule has 0 fully saturated rings. The summed E-state index contributed by atoms with van der Waals surface area (Å²) in [6, 6.07) is 0. The Morgan fingerprint density at radius 3 is 2.48 bits per heavy atom. The van der Waals surface area contributed by atoms with Crippen molar-refractivity contribution in [2.75, 3.05) is 40.5 Å². The molecular weight excluding hydrogens is 342 g/mol. The molecule has 0 bridgehead atoms. The monoisotopic (exact) mass is 367 g/mol. The number of hydrogen-bond acceptors (Lipinski definition) is 6. The van der Waals surface area contributed by atoms with Crippen LogP contribution in [0.2, 0.25) is 0 Å². The van der Waals surface area contributed by atoms with Gasteiger partial charge >= 0.3 is 0 Å². The molecule has 7 nitrogen and oxygen atoms in total. The minimum Gasteiger partial charge on any atom is -0.383 e.